The van der Waals surface area contributed by atoms with Crippen LogP contribution in [0.2, 0.25) is 5.02 Å². The van der Waals surface area contributed by atoms with E-state index in [2.05, 4.69) is 4.74 Å². The summed E-state index contributed by atoms with van der Waals surface area (Å²) in [5, 5.41) is 10.2. The maximum Gasteiger partial charge on any atom is 0.373 e. The fourth-order valence-corrected chi connectivity index (χ4v) is 2.33. The van der Waals surface area contributed by atoms with E-state index in [1.165, 1.54) is 17.0 Å². The van der Waals surface area contributed by atoms with Crippen LogP contribution < -0.4 is 0 Å². The predicted molar refractivity (Wildman–Crippen MR) is 94.8 cm³/mol. The van der Waals surface area contributed by atoms with Crippen molar-refractivity contribution in [2.75, 3.05) is 7.11 Å². The summed E-state index contributed by atoms with van der Waals surface area (Å²) in [6.45, 7) is 0.366. The molecule has 0 atom stereocenters. The second kappa shape index (κ2) is 9.01. The molecule has 0 aliphatic rings. The number of amides is 1. The lowest BCUT2D eigenvalue weighted by Gasteiger charge is -2.22. The van der Waals surface area contributed by atoms with Crippen LogP contribution in [-0.4, -0.2) is 29.0 Å². The van der Waals surface area contributed by atoms with Gasteiger partial charge >= 0.3 is 5.97 Å². The lowest BCUT2D eigenvalue weighted by molar-refractivity contribution is -0.139. The second-order valence-electron chi connectivity index (χ2n) is 5.47. The minimum Gasteiger partial charge on any atom is -0.502 e. The standard InChI is InChI=1S/C19H17ClFNO4/c1-26-19(25)17(23)10-18(24)22(11-13-2-6-15(20)7-3-13)12-14-4-8-16(21)9-5-14/h2-10,23H,11-12H2,1H3/b17-10-. The Bertz CT molecular complexity index is 756. The van der Waals surface area contributed by atoms with Crippen LogP contribution in [0.1, 0.15) is 11.1 Å². The Kier molecular flexibility index (Phi) is 6.74. The first-order valence-corrected chi connectivity index (χ1v) is 8.03. The van der Waals surface area contributed by atoms with E-state index >= 15 is 0 Å². The van der Waals surface area contributed by atoms with Gasteiger partial charge in [-0.15, -0.1) is 0 Å². The van der Waals surface area contributed by atoms with Gasteiger partial charge in [0.05, 0.1) is 13.2 Å². The highest BCUT2D eigenvalue weighted by Gasteiger charge is 2.17. The summed E-state index contributed by atoms with van der Waals surface area (Å²) >= 11 is 5.86. The molecule has 0 spiro atoms. The molecule has 0 unspecified atom stereocenters. The number of esters is 1. The average molecular weight is 378 g/mol. The van der Waals surface area contributed by atoms with Crippen molar-refractivity contribution in [3.8, 4) is 0 Å². The average Bonchev–Trinajstić information content (AvgIpc) is 2.63. The molecule has 5 nitrogen and oxygen atoms in total. The van der Waals surface area contributed by atoms with Crippen LogP contribution in [-0.2, 0) is 27.4 Å². The number of aliphatic hydroxyl groups excluding tert-OH is 1. The highest BCUT2D eigenvalue weighted by molar-refractivity contribution is 6.30. The van der Waals surface area contributed by atoms with Gasteiger partial charge in [0.15, 0.2) is 0 Å². The van der Waals surface area contributed by atoms with Crippen LogP contribution in [0.5, 0.6) is 0 Å². The molecule has 0 aliphatic heterocycles. The van der Waals surface area contributed by atoms with Gasteiger partial charge < -0.3 is 14.7 Å². The van der Waals surface area contributed by atoms with Crippen molar-refractivity contribution in [1.29, 1.82) is 0 Å². The molecule has 2 rings (SSSR count). The van der Waals surface area contributed by atoms with E-state index in [1.807, 2.05) is 0 Å². The molecule has 2 aromatic carbocycles. The fraction of sp³-hybridized carbons (Fsp3) is 0.158. The first-order chi connectivity index (χ1) is 12.4. The third kappa shape index (κ3) is 5.60. The molecule has 0 saturated carbocycles. The number of hydrogen-bond donors (Lipinski definition) is 1. The molecule has 0 radical (unpaired) electrons. The summed E-state index contributed by atoms with van der Waals surface area (Å²) in [5.74, 6) is -2.77. The normalized spacial score (nSPS) is 11.1. The number of ether oxygens (including phenoxy) is 1. The van der Waals surface area contributed by atoms with Gasteiger partial charge in [-0.25, -0.2) is 9.18 Å². The molecular weight excluding hydrogens is 361 g/mol. The first kappa shape index (κ1) is 19.5. The van der Waals surface area contributed by atoms with Crippen LogP contribution in [0.3, 0.4) is 0 Å². The van der Waals surface area contributed by atoms with Crippen molar-refractivity contribution in [1.82, 2.24) is 4.90 Å². The van der Waals surface area contributed by atoms with Gasteiger partial charge in [0.1, 0.15) is 5.82 Å². The molecule has 0 aliphatic carbocycles. The second-order valence-corrected chi connectivity index (χ2v) is 5.90. The maximum absolute atomic E-state index is 13.1. The molecular formula is C19H17ClFNO4. The minimum atomic E-state index is -1.01. The topological polar surface area (TPSA) is 66.8 Å². The van der Waals surface area contributed by atoms with Crippen molar-refractivity contribution >= 4 is 23.5 Å². The first-order valence-electron chi connectivity index (χ1n) is 7.66. The van der Waals surface area contributed by atoms with E-state index in [1.54, 1.807) is 36.4 Å². The van der Waals surface area contributed by atoms with E-state index in [9.17, 15) is 19.1 Å². The number of carbonyl (C=O) groups is 2. The molecule has 2 aromatic rings. The molecule has 26 heavy (non-hydrogen) atoms. The summed E-state index contributed by atoms with van der Waals surface area (Å²) in [6.07, 6.45) is 0.797. The molecule has 7 heteroatoms. The summed E-state index contributed by atoms with van der Waals surface area (Å²) in [7, 11) is 1.10. The molecule has 136 valence electrons. The van der Waals surface area contributed by atoms with Gasteiger partial charge in [-0.2, -0.15) is 0 Å². The highest BCUT2D eigenvalue weighted by atomic mass is 35.5. The van der Waals surface area contributed by atoms with Gasteiger partial charge in [-0.3, -0.25) is 4.79 Å². The number of aliphatic hydroxyl groups is 1. The molecule has 0 heterocycles. The van der Waals surface area contributed by atoms with Gasteiger partial charge in [0.2, 0.25) is 5.76 Å². The van der Waals surface area contributed by atoms with E-state index < -0.39 is 17.6 Å². The number of rotatable bonds is 6. The minimum absolute atomic E-state index is 0.159. The Morgan fingerprint density at radius 3 is 2.08 bits per heavy atom. The Hall–Kier alpha value is -2.86. The van der Waals surface area contributed by atoms with Gasteiger partial charge in [-0.05, 0) is 35.4 Å². The molecule has 1 amide bonds. The molecule has 0 saturated heterocycles. The zero-order valence-electron chi connectivity index (χ0n) is 14.0. The predicted octanol–water partition coefficient (Wildman–Crippen LogP) is 3.62. The number of hydrogen-bond acceptors (Lipinski definition) is 4. The number of halogens is 2. The number of methoxy groups -OCH3 is 1. The number of nitrogens with zero attached hydrogens (tertiary/aromatic N) is 1. The van der Waals surface area contributed by atoms with Crippen molar-refractivity contribution in [2.45, 2.75) is 13.1 Å². The fourth-order valence-electron chi connectivity index (χ4n) is 2.20. The molecule has 0 fully saturated rings. The highest BCUT2D eigenvalue weighted by Crippen LogP contribution is 2.15. The third-order valence-corrected chi connectivity index (χ3v) is 3.79. The lowest BCUT2D eigenvalue weighted by Crippen LogP contribution is -2.29. The number of carbonyl (C=O) groups excluding carboxylic acids is 2. The smallest absolute Gasteiger partial charge is 0.373 e. The summed E-state index contributed by atoms with van der Waals surface area (Å²) in [5.41, 5.74) is 1.50. The largest absolute Gasteiger partial charge is 0.502 e. The molecule has 0 bridgehead atoms. The van der Waals surface area contributed by atoms with Crippen molar-refractivity contribution < 1.29 is 23.8 Å². The Labute approximate surface area is 155 Å². The Morgan fingerprint density at radius 1 is 1.08 bits per heavy atom. The quantitative estimate of drug-likeness (QED) is 0.474. The number of benzene rings is 2. The zero-order valence-corrected chi connectivity index (χ0v) is 14.7. The van der Waals surface area contributed by atoms with Crippen LogP contribution in [0.15, 0.2) is 60.4 Å². The van der Waals surface area contributed by atoms with Gasteiger partial charge in [-0.1, -0.05) is 35.9 Å². The molecule has 0 aromatic heterocycles. The van der Waals surface area contributed by atoms with Gasteiger partial charge in [0.25, 0.3) is 5.91 Å². The maximum atomic E-state index is 13.1. The summed E-state index contributed by atoms with van der Waals surface area (Å²) in [4.78, 5) is 25.2. The Balaban J connectivity index is 2.24. The van der Waals surface area contributed by atoms with Gasteiger partial charge in [0, 0.05) is 18.1 Å². The third-order valence-electron chi connectivity index (χ3n) is 3.54. The van der Waals surface area contributed by atoms with E-state index in [0.29, 0.717) is 10.6 Å². The van der Waals surface area contributed by atoms with Crippen LogP contribution in [0.25, 0.3) is 0 Å². The van der Waals surface area contributed by atoms with Crippen LogP contribution >= 0.6 is 11.6 Å². The van der Waals surface area contributed by atoms with E-state index in [4.69, 9.17) is 11.6 Å². The SMILES string of the molecule is COC(=O)/C(O)=C/C(=O)N(Cc1ccc(F)cc1)Cc1ccc(Cl)cc1. The Morgan fingerprint density at radius 2 is 1.58 bits per heavy atom. The van der Waals surface area contributed by atoms with Crippen molar-refractivity contribution in [3.05, 3.63) is 82.3 Å². The van der Waals surface area contributed by atoms with E-state index in [0.717, 1.165) is 18.7 Å². The molecule has 1 N–H and O–H groups in total. The van der Waals surface area contributed by atoms with E-state index in [-0.39, 0.29) is 18.9 Å². The van der Waals surface area contributed by atoms with Crippen LogP contribution in [0.4, 0.5) is 4.39 Å². The summed E-state index contributed by atoms with van der Waals surface area (Å²) in [6, 6.07) is 12.6. The van der Waals surface area contributed by atoms with Crippen LogP contribution in [0, 0.1) is 5.82 Å². The monoisotopic (exact) mass is 377 g/mol. The summed E-state index contributed by atoms with van der Waals surface area (Å²) < 4.78 is 17.5. The lowest BCUT2D eigenvalue weighted by atomic mass is 10.1. The van der Waals surface area contributed by atoms with Crippen molar-refractivity contribution in [3.63, 3.8) is 0 Å². The zero-order chi connectivity index (χ0) is 19.1. The van der Waals surface area contributed by atoms with Crippen molar-refractivity contribution in [2.24, 2.45) is 0 Å².